The molecule has 0 spiro atoms. The van der Waals surface area contributed by atoms with Crippen molar-refractivity contribution in [1.82, 2.24) is 4.90 Å². The van der Waals surface area contributed by atoms with Gasteiger partial charge in [-0.05, 0) is 24.4 Å². The molecule has 3 rings (SSSR count). The molecule has 0 unspecified atom stereocenters. The van der Waals surface area contributed by atoms with E-state index in [1.54, 1.807) is 31.2 Å². The molecule has 1 aliphatic rings. The summed E-state index contributed by atoms with van der Waals surface area (Å²) in [6.45, 7) is 1.72. The predicted octanol–water partition coefficient (Wildman–Crippen LogP) is 2.59. The average Bonchev–Trinajstić information content (AvgIpc) is 2.45. The van der Waals surface area contributed by atoms with Crippen molar-refractivity contribution >= 4 is 28.7 Å². The van der Waals surface area contributed by atoms with E-state index in [1.807, 2.05) is 12.1 Å². The highest BCUT2D eigenvalue weighted by Crippen LogP contribution is 2.30. The molecule has 5 nitrogen and oxygen atoms in total. The lowest BCUT2D eigenvalue weighted by atomic mass is 9.94. The minimum Gasteiger partial charge on any atom is -0.449 e. The number of benzene rings is 2. The number of hydrogen-bond donors (Lipinski definition) is 0. The van der Waals surface area contributed by atoms with E-state index in [0.717, 1.165) is 5.39 Å². The zero-order chi connectivity index (χ0) is 14.3. The maximum Gasteiger partial charge on any atom is 0.424 e. The fourth-order valence-corrected chi connectivity index (χ4v) is 2.38. The third-order valence-electron chi connectivity index (χ3n) is 3.22. The van der Waals surface area contributed by atoms with Crippen LogP contribution in [0.1, 0.15) is 27.6 Å². The summed E-state index contributed by atoms with van der Waals surface area (Å²) in [5, 5.41) is 1.38. The Balaban J connectivity index is 2.24. The summed E-state index contributed by atoms with van der Waals surface area (Å²) in [4.78, 5) is 37.0. The fourth-order valence-electron chi connectivity index (χ4n) is 2.38. The third-order valence-corrected chi connectivity index (χ3v) is 3.22. The van der Waals surface area contributed by atoms with Crippen molar-refractivity contribution in [2.45, 2.75) is 6.92 Å². The van der Waals surface area contributed by atoms with Gasteiger partial charge in [-0.2, -0.15) is 4.90 Å². The molecule has 0 bridgehead atoms. The summed E-state index contributed by atoms with van der Waals surface area (Å²) in [5.74, 6) is -1.28. The van der Waals surface area contributed by atoms with Crippen LogP contribution in [0.15, 0.2) is 36.4 Å². The van der Waals surface area contributed by atoms with Crippen molar-refractivity contribution in [3.8, 4) is 0 Å². The summed E-state index contributed by atoms with van der Waals surface area (Å²) in [6, 6.07) is 10.3. The van der Waals surface area contributed by atoms with E-state index < -0.39 is 17.9 Å². The molecule has 20 heavy (non-hydrogen) atoms. The van der Waals surface area contributed by atoms with Gasteiger partial charge in [-0.1, -0.05) is 24.3 Å². The molecular weight excluding hydrogens is 258 g/mol. The van der Waals surface area contributed by atoms with Gasteiger partial charge in [0, 0.05) is 16.5 Å². The largest absolute Gasteiger partial charge is 0.449 e. The van der Waals surface area contributed by atoms with Gasteiger partial charge in [0.25, 0.3) is 11.8 Å². The zero-order valence-corrected chi connectivity index (χ0v) is 10.8. The van der Waals surface area contributed by atoms with E-state index in [1.165, 1.54) is 0 Å². The normalized spacial score (nSPS) is 13.8. The lowest BCUT2D eigenvalue weighted by Crippen LogP contribution is -2.44. The zero-order valence-electron chi connectivity index (χ0n) is 10.8. The van der Waals surface area contributed by atoms with E-state index in [-0.39, 0.29) is 6.61 Å². The Hall–Kier alpha value is -2.69. The van der Waals surface area contributed by atoms with Crippen LogP contribution >= 0.6 is 0 Å². The third kappa shape index (κ3) is 1.60. The van der Waals surface area contributed by atoms with Crippen molar-refractivity contribution < 1.29 is 19.1 Å². The lowest BCUT2D eigenvalue weighted by molar-refractivity contribution is 0.0557. The first-order chi connectivity index (χ1) is 9.65. The number of amides is 3. The van der Waals surface area contributed by atoms with Crippen LogP contribution in [0.2, 0.25) is 0 Å². The Bertz CT molecular complexity index is 700. The standard InChI is InChI=1S/C15H11NO4/c1-2-20-15(19)16-13(17)10-7-3-5-9-6-4-8-11(12(9)10)14(16)18/h3-8H,2H2,1H3. The monoisotopic (exact) mass is 269 g/mol. The number of carbonyl (C=O) groups excluding carboxylic acids is 3. The topological polar surface area (TPSA) is 63.7 Å². The molecule has 0 N–H and O–H groups in total. The maximum atomic E-state index is 12.3. The van der Waals surface area contributed by atoms with Gasteiger partial charge in [-0.15, -0.1) is 0 Å². The molecule has 1 heterocycles. The molecule has 100 valence electrons. The molecular formula is C15H11NO4. The molecule has 0 aliphatic carbocycles. The first kappa shape index (κ1) is 12.3. The van der Waals surface area contributed by atoms with Crippen LogP contribution in [0.3, 0.4) is 0 Å². The number of hydrogen-bond acceptors (Lipinski definition) is 4. The van der Waals surface area contributed by atoms with E-state index in [2.05, 4.69) is 0 Å². The van der Waals surface area contributed by atoms with Crippen LogP contribution in [-0.4, -0.2) is 29.4 Å². The van der Waals surface area contributed by atoms with Gasteiger partial charge < -0.3 is 4.74 Å². The van der Waals surface area contributed by atoms with Crippen LogP contribution in [0.25, 0.3) is 10.8 Å². The highest BCUT2D eigenvalue weighted by Gasteiger charge is 2.37. The molecule has 0 atom stereocenters. The van der Waals surface area contributed by atoms with E-state index in [0.29, 0.717) is 21.4 Å². The average molecular weight is 269 g/mol. The quantitative estimate of drug-likeness (QED) is 0.746. The first-order valence-electron chi connectivity index (χ1n) is 6.22. The highest BCUT2D eigenvalue weighted by atomic mass is 16.6. The molecule has 0 fully saturated rings. The Labute approximate surface area is 114 Å². The second-order valence-corrected chi connectivity index (χ2v) is 4.35. The Morgan fingerprint density at radius 3 is 2.10 bits per heavy atom. The molecule has 5 heteroatoms. The van der Waals surface area contributed by atoms with Gasteiger partial charge in [-0.25, -0.2) is 4.79 Å². The number of rotatable bonds is 1. The van der Waals surface area contributed by atoms with E-state index in [4.69, 9.17) is 4.74 Å². The molecule has 1 aliphatic heterocycles. The number of imide groups is 3. The molecule has 2 aromatic rings. The van der Waals surface area contributed by atoms with E-state index in [9.17, 15) is 14.4 Å². The molecule has 2 aromatic carbocycles. The second-order valence-electron chi connectivity index (χ2n) is 4.35. The number of carbonyl (C=O) groups is 3. The van der Waals surface area contributed by atoms with Gasteiger partial charge in [0.1, 0.15) is 0 Å². The predicted molar refractivity (Wildman–Crippen MR) is 71.5 cm³/mol. The Morgan fingerprint density at radius 2 is 1.60 bits per heavy atom. The van der Waals surface area contributed by atoms with Crippen molar-refractivity contribution in [3.63, 3.8) is 0 Å². The molecule has 0 aromatic heterocycles. The number of nitrogens with zero attached hydrogens (tertiary/aromatic N) is 1. The summed E-state index contributed by atoms with van der Waals surface area (Å²) < 4.78 is 4.78. The van der Waals surface area contributed by atoms with Crippen LogP contribution < -0.4 is 0 Å². The summed E-state index contributed by atoms with van der Waals surface area (Å²) >= 11 is 0. The Kier molecular flexibility index (Phi) is 2.75. The van der Waals surface area contributed by atoms with Gasteiger partial charge >= 0.3 is 6.09 Å². The summed E-state index contributed by atoms with van der Waals surface area (Å²) in [5.41, 5.74) is 0.677. The number of ether oxygens (including phenoxy) is 1. The van der Waals surface area contributed by atoms with Gasteiger partial charge in [0.15, 0.2) is 0 Å². The van der Waals surface area contributed by atoms with Crippen LogP contribution in [-0.2, 0) is 4.74 Å². The molecule has 3 amide bonds. The minimum atomic E-state index is -0.936. The molecule has 0 radical (unpaired) electrons. The SMILES string of the molecule is CCOC(=O)N1C(=O)c2cccc3cccc(c23)C1=O. The summed E-state index contributed by atoms with van der Waals surface area (Å²) in [6.07, 6.45) is -0.936. The van der Waals surface area contributed by atoms with Gasteiger partial charge in [-0.3, -0.25) is 9.59 Å². The minimum absolute atomic E-state index is 0.0989. The molecule has 0 saturated carbocycles. The van der Waals surface area contributed by atoms with Gasteiger partial charge in [0.05, 0.1) is 6.61 Å². The van der Waals surface area contributed by atoms with Gasteiger partial charge in [0.2, 0.25) is 0 Å². The van der Waals surface area contributed by atoms with Crippen LogP contribution in [0.4, 0.5) is 4.79 Å². The van der Waals surface area contributed by atoms with Crippen molar-refractivity contribution in [2.24, 2.45) is 0 Å². The maximum absolute atomic E-state index is 12.3. The van der Waals surface area contributed by atoms with Crippen molar-refractivity contribution in [3.05, 3.63) is 47.5 Å². The molecule has 0 saturated heterocycles. The lowest BCUT2D eigenvalue weighted by Gasteiger charge is -2.24. The Morgan fingerprint density at radius 1 is 1.05 bits per heavy atom. The first-order valence-corrected chi connectivity index (χ1v) is 6.22. The van der Waals surface area contributed by atoms with Crippen molar-refractivity contribution in [2.75, 3.05) is 6.61 Å². The summed E-state index contributed by atoms with van der Waals surface area (Å²) in [7, 11) is 0. The second kappa shape index (κ2) is 4.45. The highest BCUT2D eigenvalue weighted by molar-refractivity contribution is 6.30. The fraction of sp³-hybridized carbons (Fsp3) is 0.133. The smallest absolute Gasteiger partial charge is 0.424 e. The van der Waals surface area contributed by atoms with E-state index >= 15 is 0 Å². The van der Waals surface area contributed by atoms with Crippen LogP contribution in [0, 0.1) is 0 Å². The van der Waals surface area contributed by atoms with Crippen molar-refractivity contribution in [1.29, 1.82) is 0 Å². The van der Waals surface area contributed by atoms with Crippen LogP contribution in [0.5, 0.6) is 0 Å².